The van der Waals surface area contributed by atoms with E-state index in [0.29, 0.717) is 0 Å². The maximum atomic E-state index is 5.62. The Balaban J connectivity index is 0. The van der Waals surface area contributed by atoms with Gasteiger partial charge in [-0.3, -0.25) is 0 Å². The van der Waals surface area contributed by atoms with Gasteiger partial charge in [0.2, 0.25) is 0 Å². The minimum absolute atomic E-state index is 0. The molecule has 0 amide bonds. The zero-order valence-corrected chi connectivity index (χ0v) is 28.0. The highest BCUT2D eigenvalue weighted by Crippen LogP contribution is 2.21. The van der Waals surface area contributed by atoms with E-state index in [4.69, 9.17) is 13.3 Å². The molecule has 0 heterocycles. The monoisotopic (exact) mass is 565 g/mol. The molecule has 0 bridgehead atoms. The highest BCUT2D eigenvalue weighted by Gasteiger charge is 2.37. The van der Waals surface area contributed by atoms with E-state index >= 15 is 0 Å². The highest BCUT2D eigenvalue weighted by atomic mass is 35.5. The van der Waals surface area contributed by atoms with Crippen molar-refractivity contribution in [2.75, 3.05) is 47.5 Å². The minimum atomic E-state index is -2.42. The predicted octanol–water partition coefficient (Wildman–Crippen LogP) is 6.55. The van der Waals surface area contributed by atoms with Gasteiger partial charge in [0, 0.05) is 27.4 Å². The van der Waals surface area contributed by atoms with E-state index in [1.165, 1.54) is 153 Å². The molecule has 0 aliphatic carbocycles. The number of hydrogen-bond donors (Lipinski definition) is 0. The lowest BCUT2D eigenvalue weighted by Crippen LogP contribution is -3.00. The van der Waals surface area contributed by atoms with E-state index in [-0.39, 0.29) is 12.4 Å². The number of hydrogen-bond acceptors (Lipinski definition) is 3. The lowest BCUT2D eigenvalue weighted by Gasteiger charge is -2.39. The van der Waals surface area contributed by atoms with E-state index in [0.717, 1.165) is 12.5 Å². The van der Waals surface area contributed by atoms with Gasteiger partial charge in [0.1, 0.15) is 0 Å². The molecule has 0 saturated carbocycles. The Labute approximate surface area is 241 Å². The fourth-order valence-electron chi connectivity index (χ4n) is 5.96. The summed E-state index contributed by atoms with van der Waals surface area (Å²) < 4.78 is 18.2. The van der Waals surface area contributed by atoms with Crippen molar-refractivity contribution < 1.29 is 30.2 Å². The van der Waals surface area contributed by atoms with E-state index < -0.39 is 8.80 Å². The summed E-state index contributed by atoms with van der Waals surface area (Å²) in [5.74, 6) is 0. The highest BCUT2D eigenvalue weighted by molar-refractivity contribution is 6.60. The molecule has 226 valence electrons. The summed E-state index contributed by atoms with van der Waals surface area (Å²) in [4.78, 5) is 0. The molecule has 0 saturated heterocycles. The summed E-state index contributed by atoms with van der Waals surface area (Å²) in [7, 11) is 2.76. The normalized spacial score (nSPS) is 12.2. The summed E-state index contributed by atoms with van der Waals surface area (Å²) in [5, 5.41) is 0. The molecular formula is C31H68ClNO3Si. The Morgan fingerprint density at radius 2 is 0.730 bits per heavy atom. The van der Waals surface area contributed by atoms with Gasteiger partial charge in [-0.25, -0.2) is 0 Å². The second-order valence-electron chi connectivity index (χ2n) is 11.3. The van der Waals surface area contributed by atoms with Crippen molar-refractivity contribution in [3.63, 3.8) is 0 Å². The van der Waals surface area contributed by atoms with Crippen LogP contribution in [0.2, 0.25) is 6.04 Å². The first-order valence-electron chi connectivity index (χ1n) is 16.1. The molecule has 0 aromatic rings. The van der Waals surface area contributed by atoms with Crippen LogP contribution in [0.3, 0.4) is 0 Å². The Hall–Kier alpha value is 0.347. The largest absolute Gasteiger partial charge is 1.00 e. The van der Waals surface area contributed by atoms with Gasteiger partial charge >= 0.3 is 8.80 Å². The van der Waals surface area contributed by atoms with Crippen molar-refractivity contribution in [3.8, 4) is 0 Å². The first-order valence-corrected chi connectivity index (χ1v) is 18.0. The average Bonchev–Trinajstić information content (AvgIpc) is 2.89. The molecule has 0 N–H and O–H groups in total. The van der Waals surface area contributed by atoms with Gasteiger partial charge in [-0.2, -0.15) is 0 Å². The van der Waals surface area contributed by atoms with Crippen molar-refractivity contribution in [1.29, 1.82) is 0 Å². The van der Waals surface area contributed by atoms with Gasteiger partial charge in [-0.05, 0) is 38.5 Å². The number of halogens is 1. The lowest BCUT2D eigenvalue weighted by atomic mass is 10.0. The molecule has 0 aliphatic rings. The number of quaternary nitrogens is 1. The SMILES string of the molecule is CCCCCCCCCCCCCCCCCC[N+](CCC)(CCC)CCCC[Si](OC)(OC)OC.[Cl-]. The van der Waals surface area contributed by atoms with Crippen molar-refractivity contribution in [1.82, 2.24) is 0 Å². The number of nitrogens with zero attached hydrogens (tertiary/aromatic N) is 1. The molecule has 0 aliphatic heterocycles. The molecular weight excluding hydrogens is 498 g/mol. The van der Waals surface area contributed by atoms with Crippen molar-refractivity contribution in [2.45, 2.75) is 155 Å². The van der Waals surface area contributed by atoms with Crippen LogP contribution in [0.15, 0.2) is 0 Å². The minimum Gasteiger partial charge on any atom is -1.00 e. The maximum Gasteiger partial charge on any atom is 0.500 e. The van der Waals surface area contributed by atoms with Crippen LogP contribution in [0.4, 0.5) is 0 Å². The maximum absolute atomic E-state index is 5.62. The average molecular weight is 566 g/mol. The van der Waals surface area contributed by atoms with Gasteiger partial charge in [0.25, 0.3) is 0 Å². The molecule has 0 unspecified atom stereocenters. The van der Waals surface area contributed by atoms with Crippen LogP contribution in [-0.4, -0.2) is 60.8 Å². The molecule has 0 radical (unpaired) electrons. The van der Waals surface area contributed by atoms with E-state index in [9.17, 15) is 0 Å². The van der Waals surface area contributed by atoms with Gasteiger partial charge in [0.05, 0.1) is 26.2 Å². The van der Waals surface area contributed by atoms with Crippen LogP contribution in [-0.2, 0) is 13.3 Å². The van der Waals surface area contributed by atoms with Crippen molar-refractivity contribution in [2.24, 2.45) is 0 Å². The Morgan fingerprint density at radius 1 is 0.405 bits per heavy atom. The fraction of sp³-hybridized carbons (Fsp3) is 1.00. The molecule has 37 heavy (non-hydrogen) atoms. The topological polar surface area (TPSA) is 27.7 Å². The molecule has 0 aromatic carbocycles. The zero-order chi connectivity index (χ0) is 26.8. The fourth-order valence-corrected chi connectivity index (χ4v) is 7.76. The van der Waals surface area contributed by atoms with Crippen LogP contribution < -0.4 is 12.4 Å². The Kier molecular flexibility index (Phi) is 29.8. The number of rotatable bonds is 29. The molecule has 0 rings (SSSR count). The first kappa shape index (κ1) is 39.5. The third kappa shape index (κ3) is 20.9. The predicted molar refractivity (Wildman–Crippen MR) is 161 cm³/mol. The summed E-state index contributed by atoms with van der Waals surface area (Å²) in [5.41, 5.74) is 0. The van der Waals surface area contributed by atoms with E-state index in [1.54, 1.807) is 21.3 Å². The smallest absolute Gasteiger partial charge is 0.500 e. The van der Waals surface area contributed by atoms with Crippen LogP contribution in [0.1, 0.15) is 149 Å². The van der Waals surface area contributed by atoms with Gasteiger partial charge in [0.15, 0.2) is 0 Å². The third-order valence-electron chi connectivity index (χ3n) is 8.18. The molecule has 0 spiro atoms. The summed E-state index contributed by atoms with van der Waals surface area (Å²) >= 11 is 0. The van der Waals surface area contributed by atoms with Crippen molar-refractivity contribution >= 4 is 8.80 Å². The summed E-state index contributed by atoms with van der Waals surface area (Å²) in [6.07, 6.45) is 28.0. The quantitative estimate of drug-likeness (QED) is 0.0585. The lowest BCUT2D eigenvalue weighted by molar-refractivity contribution is -0.928. The van der Waals surface area contributed by atoms with Gasteiger partial charge in [-0.1, -0.05) is 111 Å². The Morgan fingerprint density at radius 3 is 1.05 bits per heavy atom. The van der Waals surface area contributed by atoms with Gasteiger partial charge in [-0.15, -0.1) is 0 Å². The first-order chi connectivity index (χ1) is 17.6. The number of unbranched alkanes of at least 4 members (excludes halogenated alkanes) is 16. The summed E-state index contributed by atoms with van der Waals surface area (Å²) in [6.45, 7) is 12.3. The zero-order valence-electron chi connectivity index (χ0n) is 26.2. The van der Waals surface area contributed by atoms with E-state index in [1.807, 2.05) is 0 Å². The van der Waals surface area contributed by atoms with Crippen LogP contribution in [0, 0.1) is 0 Å². The van der Waals surface area contributed by atoms with Gasteiger partial charge < -0.3 is 30.2 Å². The molecule has 0 aromatic heterocycles. The van der Waals surface area contributed by atoms with Crippen LogP contribution in [0.25, 0.3) is 0 Å². The Bertz CT molecular complexity index is 438. The van der Waals surface area contributed by atoms with E-state index in [2.05, 4.69) is 20.8 Å². The standard InChI is InChI=1S/C31H68NO3Si.ClH/c1-7-10-11-12-13-14-15-16-17-18-19-20-21-22-23-24-29-32(27-8-2,28-9-3)30-25-26-31-36(33-4,34-5)35-6;/h7-31H2,1-6H3;1H/q+1;/p-1. The van der Waals surface area contributed by atoms with Crippen LogP contribution >= 0.6 is 0 Å². The second kappa shape index (κ2) is 27.9. The van der Waals surface area contributed by atoms with Crippen molar-refractivity contribution in [3.05, 3.63) is 0 Å². The molecule has 6 heteroatoms. The second-order valence-corrected chi connectivity index (χ2v) is 14.4. The molecule has 0 fully saturated rings. The third-order valence-corrected chi connectivity index (χ3v) is 11.0. The molecule has 0 atom stereocenters. The molecule has 4 nitrogen and oxygen atoms in total. The summed E-state index contributed by atoms with van der Waals surface area (Å²) in [6, 6.07) is 0.924. The van der Waals surface area contributed by atoms with Crippen LogP contribution in [0.5, 0.6) is 0 Å².